The Morgan fingerprint density at radius 1 is 1.62 bits per heavy atom. The Bertz CT molecular complexity index is 285. The molecule has 1 fully saturated rings. The van der Waals surface area contributed by atoms with Gasteiger partial charge in [-0.25, -0.2) is 4.98 Å². The molecule has 0 saturated carbocycles. The van der Waals surface area contributed by atoms with E-state index in [0.717, 1.165) is 30.6 Å². The van der Waals surface area contributed by atoms with Gasteiger partial charge in [0.05, 0.1) is 0 Å². The minimum Gasteiger partial charge on any atom is -0.344 e. The highest BCUT2D eigenvalue weighted by molar-refractivity contribution is 7.09. The molecule has 0 aromatic carbocycles. The van der Waals surface area contributed by atoms with Crippen molar-refractivity contribution in [1.82, 2.24) is 14.7 Å². The molecule has 2 heterocycles. The topological polar surface area (TPSA) is 41.1 Å². The van der Waals surface area contributed by atoms with Crippen LogP contribution >= 0.6 is 11.5 Å². The van der Waals surface area contributed by atoms with Crippen molar-refractivity contribution in [3.63, 3.8) is 0 Å². The smallest absolute Gasteiger partial charge is 0.205 e. The van der Waals surface area contributed by atoms with Gasteiger partial charge in [-0.15, -0.1) is 0 Å². The molecular weight excluding hydrogens is 184 g/mol. The summed E-state index contributed by atoms with van der Waals surface area (Å²) in [5, 5.41) is 4.46. The molecule has 0 aliphatic carbocycles. The number of aryl methyl sites for hydroxylation is 1. The van der Waals surface area contributed by atoms with E-state index in [1.54, 1.807) is 0 Å². The van der Waals surface area contributed by atoms with E-state index in [1.165, 1.54) is 11.5 Å². The highest BCUT2D eigenvalue weighted by Crippen LogP contribution is 2.17. The van der Waals surface area contributed by atoms with E-state index in [-0.39, 0.29) is 0 Å². The van der Waals surface area contributed by atoms with Crippen LogP contribution in [0.5, 0.6) is 0 Å². The first-order valence-electron chi connectivity index (χ1n) is 4.54. The van der Waals surface area contributed by atoms with Gasteiger partial charge in [0, 0.05) is 37.2 Å². The van der Waals surface area contributed by atoms with Gasteiger partial charge < -0.3 is 10.2 Å². The molecule has 1 aliphatic rings. The summed E-state index contributed by atoms with van der Waals surface area (Å²) >= 11 is 1.50. The molecule has 0 amide bonds. The van der Waals surface area contributed by atoms with E-state index in [1.807, 2.05) is 6.92 Å². The second-order valence-electron chi connectivity index (χ2n) is 3.43. The molecule has 1 aromatic heterocycles. The van der Waals surface area contributed by atoms with Crippen LogP contribution < -0.4 is 10.2 Å². The van der Waals surface area contributed by atoms with Crippen LogP contribution in [0.15, 0.2) is 0 Å². The highest BCUT2D eigenvalue weighted by Gasteiger charge is 2.18. The normalized spacial score (nSPS) is 23.5. The molecule has 13 heavy (non-hydrogen) atoms. The van der Waals surface area contributed by atoms with Crippen LogP contribution in [0.25, 0.3) is 0 Å². The maximum absolute atomic E-state index is 4.37. The van der Waals surface area contributed by atoms with Gasteiger partial charge in [-0.1, -0.05) is 0 Å². The van der Waals surface area contributed by atoms with Crippen LogP contribution in [0.1, 0.15) is 12.7 Å². The molecule has 1 atom stereocenters. The van der Waals surface area contributed by atoms with Crippen LogP contribution in [-0.4, -0.2) is 35.0 Å². The predicted molar refractivity (Wildman–Crippen MR) is 54.3 cm³/mol. The van der Waals surface area contributed by atoms with E-state index in [0.29, 0.717) is 6.04 Å². The van der Waals surface area contributed by atoms with Crippen LogP contribution in [0.2, 0.25) is 0 Å². The standard InChI is InChI=1S/C8H14N4S/c1-6-5-12(4-3-9-6)8-10-7(2)11-13-8/h6,9H,3-5H2,1-2H3/t6-/m1/s1. The first-order chi connectivity index (χ1) is 6.25. The minimum absolute atomic E-state index is 0.554. The Morgan fingerprint density at radius 2 is 2.46 bits per heavy atom. The first kappa shape index (κ1) is 8.90. The molecule has 0 spiro atoms. The van der Waals surface area contributed by atoms with Crippen molar-refractivity contribution < 1.29 is 0 Å². The fourth-order valence-corrected chi connectivity index (χ4v) is 2.23. The largest absolute Gasteiger partial charge is 0.344 e. The van der Waals surface area contributed by atoms with Gasteiger partial charge in [0.25, 0.3) is 0 Å². The molecule has 2 rings (SSSR count). The number of anilines is 1. The summed E-state index contributed by atoms with van der Waals surface area (Å²) in [6.07, 6.45) is 0. The Hall–Kier alpha value is -0.680. The van der Waals surface area contributed by atoms with Crippen molar-refractivity contribution in [2.75, 3.05) is 24.5 Å². The van der Waals surface area contributed by atoms with Crippen LogP contribution in [-0.2, 0) is 0 Å². The number of aromatic nitrogens is 2. The third kappa shape index (κ3) is 1.97. The van der Waals surface area contributed by atoms with Crippen molar-refractivity contribution >= 4 is 16.7 Å². The number of rotatable bonds is 1. The maximum atomic E-state index is 4.37. The summed E-state index contributed by atoms with van der Waals surface area (Å²) < 4.78 is 4.19. The molecule has 1 aromatic rings. The molecule has 4 nitrogen and oxygen atoms in total. The van der Waals surface area contributed by atoms with E-state index >= 15 is 0 Å². The lowest BCUT2D eigenvalue weighted by atomic mass is 10.2. The van der Waals surface area contributed by atoms with Crippen molar-refractivity contribution in [3.05, 3.63) is 5.82 Å². The predicted octanol–water partition coefficient (Wildman–Crippen LogP) is 0.645. The molecule has 1 N–H and O–H groups in total. The number of piperazine rings is 1. The van der Waals surface area contributed by atoms with Gasteiger partial charge in [0.2, 0.25) is 5.13 Å². The fourth-order valence-electron chi connectivity index (χ4n) is 1.52. The first-order valence-corrected chi connectivity index (χ1v) is 5.31. The number of hydrogen-bond donors (Lipinski definition) is 1. The van der Waals surface area contributed by atoms with Crippen molar-refractivity contribution in [2.24, 2.45) is 0 Å². The summed E-state index contributed by atoms with van der Waals surface area (Å²) in [4.78, 5) is 6.67. The van der Waals surface area contributed by atoms with Gasteiger partial charge in [0.15, 0.2) is 0 Å². The van der Waals surface area contributed by atoms with Gasteiger partial charge in [-0.2, -0.15) is 4.37 Å². The lowest BCUT2D eigenvalue weighted by molar-refractivity contribution is 0.484. The van der Waals surface area contributed by atoms with Crippen LogP contribution in [0.3, 0.4) is 0 Å². The summed E-state index contributed by atoms with van der Waals surface area (Å²) in [5.41, 5.74) is 0. The third-order valence-electron chi connectivity index (χ3n) is 2.16. The lowest BCUT2D eigenvalue weighted by Gasteiger charge is -2.31. The second kappa shape index (κ2) is 3.59. The summed E-state index contributed by atoms with van der Waals surface area (Å²) in [6, 6.07) is 0.554. The summed E-state index contributed by atoms with van der Waals surface area (Å²) in [7, 11) is 0. The number of nitrogens with zero attached hydrogens (tertiary/aromatic N) is 3. The molecule has 72 valence electrons. The molecular formula is C8H14N4S. The summed E-state index contributed by atoms with van der Waals surface area (Å²) in [5.74, 6) is 0.881. The number of hydrogen-bond acceptors (Lipinski definition) is 5. The van der Waals surface area contributed by atoms with E-state index < -0.39 is 0 Å². The molecule has 5 heteroatoms. The van der Waals surface area contributed by atoms with E-state index in [4.69, 9.17) is 0 Å². The SMILES string of the molecule is Cc1nsc(N2CCN[C@H](C)C2)n1. The monoisotopic (exact) mass is 198 g/mol. The van der Waals surface area contributed by atoms with Crippen LogP contribution in [0, 0.1) is 6.92 Å². The Morgan fingerprint density at radius 3 is 3.08 bits per heavy atom. The fraction of sp³-hybridized carbons (Fsp3) is 0.750. The zero-order valence-corrected chi connectivity index (χ0v) is 8.77. The molecule has 1 aliphatic heterocycles. The molecule has 0 radical (unpaired) electrons. The molecule has 0 bridgehead atoms. The molecule has 1 saturated heterocycles. The van der Waals surface area contributed by atoms with Crippen molar-refractivity contribution in [2.45, 2.75) is 19.9 Å². The zero-order valence-electron chi connectivity index (χ0n) is 7.95. The maximum Gasteiger partial charge on any atom is 0.205 e. The van der Waals surface area contributed by atoms with Crippen LogP contribution in [0.4, 0.5) is 5.13 Å². The average Bonchev–Trinajstić information content (AvgIpc) is 2.52. The van der Waals surface area contributed by atoms with E-state index in [2.05, 4.69) is 26.5 Å². The van der Waals surface area contributed by atoms with Crippen molar-refractivity contribution in [1.29, 1.82) is 0 Å². The van der Waals surface area contributed by atoms with Gasteiger partial charge >= 0.3 is 0 Å². The highest BCUT2D eigenvalue weighted by atomic mass is 32.1. The zero-order chi connectivity index (χ0) is 9.26. The van der Waals surface area contributed by atoms with Gasteiger partial charge in [-0.3, -0.25) is 0 Å². The molecule has 0 unspecified atom stereocenters. The Balaban J connectivity index is 2.08. The van der Waals surface area contributed by atoms with Crippen molar-refractivity contribution in [3.8, 4) is 0 Å². The third-order valence-corrected chi connectivity index (χ3v) is 3.02. The Kier molecular flexibility index (Phi) is 2.46. The summed E-state index contributed by atoms with van der Waals surface area (Å²) in [6.45, 7) is 7.25. The minimum atomic E-state index is 0.554. The second-order valence-corrected chi connectivity index (χ2v) is 4.16. The lowest BCUT2D eigenvalue weighted by Crippen LogP contribution is -2.49. The number of nitrogens with one attached hydrogen (secondary N) is 1. The van der Waals surface area contributed by atoms with E-state index in [9.17, 15) is 0 Å². The average molecular weight is 198 g/mol. The van der Waals surface area contributed by atoms with Gasteiger partial charge in [-0.05, 0) is 13.8 Å². The quantitative estimate of drug-likeness (QED) is 0.719. The Labute approximate surface area is 82.1 Å². The van der Waals surface area contributed by atoms with Gasteiger partial charge in [0.1, 0.15) is 5.82 Å².